The average molecular weight is 188 g/mol. The molecule has 0 saturated heterocycles. The van der Waals surface area contributed by atoms with Gasteiger partial charge in [-0.15, -0.1) is 0 Å². The summed E-state index contributed by atoms with van der Waals surface area (Å²) in [6, 6.07) is 4.32. The van der Waals surface area contributed by atoms with Crippen LogP contribution in [0.3, 0.4) is 0 Å². The van der Waals surface area contributed by atoms with Gasteiger partial charge in [0.25, 0.3) is 0 Å². The maximum atomic E-state index is 10.8. The summed E-state index contributed by atoms with van der Waals surface area (Å²) < 4.78 is 10.8. The van der Waals surface area contributed by atoms with Crippen molar-refractivity contribution < 1.29 is 14.4 Å². The lowest BCUT2D eigenvalue weighted by Crippen LogP contribution is -2.14. The molecule has 5 nitrogen and oxygen atoms in total. The Labute approximate surface area is 69.2 Å². The topological polar surface area (TPSA) is 110 Å². The van der Waals surface area contributed by atoms with Crippen molar-refractivity contribution in [1.29, 1.82) is 0 Å². The number of nitrogens with two attached hydrogens (primary N) is 2. The van der Waals surface area contributed by atoms with E-state index in [1.54, 1.807) is 0 Å². The van der Waals surface area contributed by atoms with E-state index in [1.165, 1.54) is 18.2 Å². The van der Waals surface area contributed by atoms with Crippen molar-refractivity contribution in [2.24, 2.45) is 0 Å². The van der Waals surface area contributed by atoms with Crippen LogP contribution in [0.5, 0.6) is 0 Å². The van der Waals surface area contributed by atoms with Crippen LogP contribution in [0.15, 0.2) is 18.2 Å². The molecule has 0 amide bonds. The van der Waals surface area contributed by atoms with Crippen LogP contribution in [0.2, 0.25) is 0 Å². The smallest absolute Gasteiger partial charge is 0.360 e. The van der Waals surface area contributed by atoms with Crippen molar-refractivity contribution >= 4 is 24.3 Å². The van der Waals surface area contributed by atoms with Crippen molar-refractivity contribution in [1.82, 2.24) is 0 Å². The molecule has 0 aliphatic rings. The highest BCUT2D eigenvalue weighted by molar-refractivity contribution is 7.61. The monoisotopic (exact) mass is 188 g/mol. The average Bonchev–Trinajstić information content (AvgIpc) is 1.82. The second kappa shape index (κ2) is 2.79. The van der Waals surface area contributed by atoms with Crippen molar-refractivity contribution in [3.8, 4) is 0 Å². The SMILES string of the molecule is Nc1cccc(N)c1P(=O)(O)O. The molecular formula is C6H9N2O3P. The third-order valence-corrected chi connectivity index (χ3v) is 2.49. The minimum atomic E-state index is -4.34. The molecule has 0 aliphatic carbocycles. The first kappa shape index (κ1) is 9.06. The van der Waals surface area contributed by atoms with E-state index in [9.17, 15) is 4.57 Å². The fourth-order valence-corrected chi connectivity index (χ4v) is 1.74. The molecule has 0 heterocycles. The Hall–Kier alpha value is -1.03. The summed E-state index contributed by atoms with van der Waals surface area (Å²) in [7, 11) is -4.34. The van der Waals surface area contributed by atoms with E-state index in [2.05, 4.69) is 0 Å². The Bertz CT molecular complexity index is 326. The lowest BCUT2D eigenvalue weighted by Gasteiger charge is -2.09. The van der Waals surface area contributed by atoms with Crippen LogP contribution in [0.4, 0.5) is 11.4 Å². The second-order valence-corrected chi connectivity index (χ2v) is 3.86. The van der Waals surface area contributed by atoms with Crippen LogP contribution in [-0.4, -0.2) is 9.79 Å². The van der Waals surface area contributed by atoms with Gasteiger partial charge in [-0.3, -0.25) is 4.57 Å². The van der Waals surface area contributed by atoms with Crippen LogP contribution in [0, 0.1) is 0 Å². The molecule has 0 unspecified atom stereocenters. The van der Waals surface area contributed by atoms with Crippen molar-refractivity contribution in [2.45, 2.75) is 0 Å². The van der Waals surface area contributed by atoms with E-state index >= 15 is 0 Å². The fourth-order valence-electron chi connectivity index (χ4n) is 0.916. The zero-order valence-electron chi connectivity index (χ0n) is 6.14. The van der Waals surface area contributed by atoms with Crippen LogP contribution in [0.1, 0.15) is 0 Å². The van der Waals surface area contributed by atoms with Gasteiger partial charge in [-0.25, -0.2) is 0 Å². The molecule has 12 heavy (non-hydrogen) atoms. The molecule has 0 saturated carbocycles. The first-order chi connectivity index (χ1) is 5.43. The van der Waals surface area contributed by atoms with E-state index in [4.69, 9.17) is 21.3 Å². The molecule has 6 heteroatoms. The number of hydrogen-bond acceptors (Lipinski definition) is 3. The Morgan fingerprint density at radius 1 is 1.17 bits per heavy atom. The van der Waals surface area contributed by atoms with E-state index in [1.807, 2.05) is 0 Å². The molecule has 0 radical (unpaired) electrons. The molecule has 1 rings (SSSR count). The first-order valence-electron chi connectivity index (χ1n) is 3.13. The van der Waals surface area contributed by atoms with Crippen molar-refractivity contribution in [3.05, 3.63) is 18.2 Å². The van der Waals surface area contributed by atoms with Crippen LogP contribution in [-0.2, 0) is 4.57 Å². The van der Waals surface area contributed by atoms with Gasteiger partial charge < -0.3 is 21.3 Å². The fraction of sp³-hybridized carbons (Fsp3) is 0. The number of hydrogen-bond donors (Lipinski definition) is 4. The van der Waals surface area contributed by atoms with Gasteiger partial charge in [-0.1, -0.05) is 6.07 Å². The highest BCUT2D eigenvalue weighted by Crippen LogP contribution is 2.37. The predicted molar refractivity (Wildman–Crippen MR) is 46.9 cm³/mol. The Balaban J connectivity index is 3.42. The van der Waals surface area contributed by atoms with Gasteiger partial charge in [0.2, 0.25) is 0 Å². The number of benzene rings is 1. The Morgan fingerprint density at radius 2 is 1.58 bits per heavy atom. The molecule has 66 valence electrons. The van der Waals surface area contributed by atoms with Crippen LogP contribution < -0.4 is 16.8 Å². The van der Waals surface area contributed by atoms with E-state index in [-0.39, 0.29) is 16.7 Å². The zero-order valence-corrected chi connectivity index (χ0v) is 7.03. The Kier molecular flexibility index (Phi) is 2.10. The van der Waals surface area contributed by atoms with E-state index < -0.39 is 7.60 Å². The highest BCUT2D eigenvalue weighted by atomic mass is 31.2. The van der Waals surface area contributed by atoms with Gasteiger partial charge in [-0.05, 0) is 12.1 Å². The molecule has 0 fully saturated rings. The summed E-state index contributed by atoms with van der Waals surface area (Å²) >= 11 is 0. The summed E-state index contributed by atoms with van der Waals surface area (Å²) in [5, 5.41) is -0.287. The maximum absolute atomic E-state index is 10.8. The normalized spacial score (nSPS) is 11.5. The van der Waals surface area contributed by atoms with Crippen LogP contribution >= 0.6 is 7.60 Å². The molecule has 0 atom stereocenters. The molecule has 0 aliphatic heterocycles. The van der Waals surface area contributed by atoms with Gasteiger partial charge in [0, 0.05) is 11.4 Å². The third-order valence-electron chi connectivity index (χ3n) is 1.39. The largest absolute Gasteiger partial charge is 0.398 e. The maximum Gasteiger partial charge on any atom is 0.360 e. The first-order valence-corrected chi connectivity index (χ1v) is 4.74. The number of nitrogen functional groups attached to an aromatic ring is 2. The third kappa shape index (κ3) is 1.58. The minimum Gasteiger partial charge on any atom is -0.398 e. The second-order valence-electron chi connectivity index (χ2n) is 2.33. The molecule has 0 bridgehead atoms. The summed E-state index contributed by atoms with van der Waals surface area (Å²) in [6.07, 6.45) is 0. The standard InChI is InChI=1S/C6H9N2O3P/c7-4-2-1-3-5(8)6(4)12(9,10)11/h1-3H,7-8H2,(H2,9,10,11). The summed E-state index contributed by atoms with van der Waals surface area (Å²) in [5.74, 6) is 0. The highest BCUT2D eigenvalue weighted by Gasteiger charge is 2.22. The van der Waals surface area contributed by atoms with Crippen molar-refractivity contribution in [3.63, 3.8) is 0 Å². The van der Waals surface area contributed by atoms with Gasteiger partial charge in [-0.2, -0.15) is 0 Å². The summed E-state index contributed by atoms with van der Waals surface area (Å²) in [5.41, 5.74) is 10.7. The quantitative estimate of drug-likeness (QED) is 0.356. The number of rotatable bonds is 1. The van der Waals surface area contributed by atoms with Gasteiger partial charge in [0.1, 0.15) is 5.30 Å². The van der Waals surface area contributed by atoms with Gasteiger partial charge in [0.15, 0.2) is 0 Å². The summed E-state index contributed by atoms with van der Waals surface area (Å²) in [6.45, 7) is 0. The lowest BCUT2D eigenvalue weighted by molar-refractivity contribution is 0.388. The Morgan fingerprint density at radius 3 is 1.83 bits per heavy atom. The van der Waals surface area contributed by atoms with Crippen LogP contribution in [0.25, 0.3) is 0 Å². The zero-order chi connectivity index (χ0) is 9.35. The molecule has 6 N–H and O–H groups in total. The molecule has 0 spiro atoms. The van der Waals surface area contributed by atoms with E-state index in [0.29, 0.717) is 0 Å². The van der Waals surface area contributed by atoms with Crippen molar-refractivity contribution in [2.75, 3.05) is 11.5 Å². The summed E-state index contributed by atoms with van der Waals surface area (Å²) in [4.78, 5) is 17.6. The van der Waals surface area contributed by atoms with Gasteiger partial charge >= 0.3 is 7.60 Å². The number of anilines is 2. The molecule has 0 aromatic heterocycles. The molecular weight excluding hydrogens is 179 g/mol. The lowest BCUT2D eigenvalue weighted by atomic mass is 10.3. The van der Waals surface area contributed by atoms with Gasteiger partial charge in [0.05, 0.1) is 0 Å². The minimum absolute atomic E-state index is 0.0170. The molecule has 1 aromatic carbocycles. The molecule has 1 aromatic rings. The van der Waals surface area contributed by atoms with E-state index in [0.717, 1.165) is 0 Å². The predicted octanol–water partition coefficient (Wildman–Crippen LogP) is -0.346.